The first-order valence-corrected chi connectivity index (χ1v) is 5.49. The molecule has 1 aromatic carbocycles. The molecule has 0 amide bonds. The third-order valence-electron chi connectivity index (χ3n) is 3.11. The number of carbonyl (C=O) groups is 1. The number of carboxylic acid groups (broad SMARTS) is 1. The van der Waals surface area contributed by atoms with Crippen LogP contribution in [0, 0.1) is 15.5 Å². The van der Waals surface area contributed by atoms with Crippen molar-refractivity contribution in [1.29, 1.82) is 0 Å². The van der Waals surface area contributed by atoms with E-state index >= 15 is 0 Å². The van der Waals surface area contributed by atoms with Gasteiger partial charge < -0.3 is 5.11 Å². The van der Waals surface area contributed by atoms with Crippen molar-refractivity contribution >= 4 is 23.3 Å². The Morgan fingerprint density at radius 1 is 1.53 bits per heavy atom. The molecule has 0 bridgehead atoms. The van der Waals surface area contributed by atoms with Crippen LogP contribution in [0.25, 0.3) is 0 Å². The van der Waals surface area contributed by atoms with E-state index in [2.05, 4.69) is 0 Å². The van der Waals surface area contributed by atoms with Gasteiger partial charge in [-0.1, -0.05) is 17.7 Å². The Morgan fingerprint density at radius 3 is 2.65 bits per heavy atom. The van der Waals surface area contributed by atoms with Crippen LogP contribution in [0.15, 0.2) is 18.2 Å². The summed E-state index contributed by atoms with van der Waals surface area (Å²) in [6.45, 7) is 0. The Balaban J connectivity index is 2.38. The first-order valence-electron chi connectivity index (χ1n) is 5.11. The summed E-state index contributed by atoms with van der Waals surface area (Å²) in [4.78, 5) is 21.4. The number of benzene rings is 1. The largest absolute Gasteiger partial charge is 0.481 e. The number of hydrogen-bond acceptors (Lipinski definition) is 3. The SMILES string of the molecule is O=C(O)C1(Cc2c(Cl)cccc2[N+](=O)[O-])CC1. The molecule has 0 spiro atoms. The van der Waals surface area contributed by atoms with E-state index in [0.29, 0.717) is 18.4 Å². The second-order valence-corrected chi connectivity index (χ2v) is 4.66. The lowest BCUT2D eigenvalue weighted by Gasteiger charge is -2.11. The third-order valence-corrected chi connectivity index (χ3v) is 3.47. The lowest BCUT2D eigenvalue weighted by atomic mass is 9.95. The van der Waals surface area contributed by atoms with E-state index in [1.165, 1.54) is 12.1 Å². The average molecular weight is 256 g/mol. The number of carboxylic acids is 1. The van der Waals surface area contributed by atoms with Crippen LogP contribution in [0.2, 0.25) is 5.02 Å². The molecule has 0 atom stereocenters. The summed E-state index contributed by atoms with van der Waals surface area (Å²) >= 11 is 5.91. The molecule has 6 heteroatoms. The molecule has 2 rings (SSSR count). The number of nitro benzene ring substituents is 1. The molecule has 1 N–H and O–H groups in total. The van der Waals surface area contributed by atoms with Crippen LogP contribution in [0.4, 0.5) is 5.69 Å². The molecule has 0 saturated heterocycles. The van der Waals surface area contributed by atoms with Gasteiger partial charge in [0.2, 0.25) is 0 Å². The fraction of sp³-hybridized carbons (Fsp3) is 0.364. The van der Waals surface area contributed by atoms with Crippen molar-refractivity contribution in [2.45, 2.75) is 19.3 Å². The molecule has 5 nitrogen and oxygen atoms in total. The van der Waals surface area contributed by atoms with Gasteiger partial charge >= 0.3 is 5.97 Å². The van der Waals surface area contributed by atoms with Crippen LogP contribution in [-0.2, 0) is 11.2 Å². The lowest BCUT2D eigenvalue weighted by Crippen LogP contribution is -2.18. The molecular weight excluding hydrogens is 246 g/mol. The molecule has 1 saturated carbocycles. The van der Waals surface area contributed by atoms with Gasteiger partial charge in [0.1, 0.15) is 0 Å². The molecule has 1 aromatic rings. The molecule has 17 heavy (non-hydrogen) atoms. The highest BCUT2D eigenvalue weighted by molar-refractivity contribution is 6.31. The van der Waals surface area contributed by atoms with Crippen molar-refractivity contribution in [2.75, 3.05) is 0 Å². The highest BCUT2D eigenvalue weighted by Gasteiger charge is 2.51. The molecule has 0 unspecified atom stereocenters. The van der Waals surface area contributed by atoms with Crippen molar-refractivity contribution in [3.05, 3.63) is 38.9 Å². The predicted octanol–water partition coefficient (Wildman–Crippen LogP) is 2.66. The summed E-state index contributed by atoms with van der Waals surface area (Å²) in [5.74, 6) is -0.910. The van der Waals surface area contributed by atoms with Crippen LogP contribution in [-0.4, -0.2) is 16.0 Å². The molecule has 1 aliphatic carbocycles. The number of hydrogen-bond donors (Lipinski definition) is 1. The smallest absolute Gasteiger partial charge is 0.309 e. The van der Waals surface area contributed by atoms with E-state index in [1.54, 1.807) is 6.07 Å². The van der Waals surface area contributed by atoms with Crippen molar-refractivity contribution in [3.63, 3.8) is 0 Å². The minimum Gasteiger partial charge on any atom is -0.481 e. The molecule has 1 aliphatic rings. The van der Waals surface area contributed by atoms with Gasteiger partial charge in [0.15, 0.2) is 0 Å². The topological polar surface area (TPSA) is 80.4 Å². The quantitative estimate of drug-likeness (QED) is 0.662. The van der Waals surface area contributed by atoms with Crippen LogP contribution < -0.4 is 0 Å². The van der Waals surface area contributed by atoms with E-state index in [-0.39, 0.29) is 17.1 Å². The maximum atomic E-state index is 11.1. The second kappa shape index (κ2) is 4.00. The Morgan fingerprint density at radius 2 is 2.18 bits per heavy atom. The Kier molecular flexibility index (Phi) is 2.79. The summed E-state index contributed by atoms with van der Waals surface area (Å²) in [7, 11) is 0. The third kappa shape index (κ3) is 2.10. The zero-order chi connectivity index (χ0) is 12.6. The monoisotopic (exact) mass is 255 g/mol. The van der Waals surface area contributed by atoms with Gasteiger partial charge in [0.05, 0.1) is 15.4 Å². The van der Waals surface area contributed by atoms with E-state index in [1.807, 2.05) is 0 Å². The molecular formula is C11H10ClNO4. The number of rotatable bonds is 4. The summed E-state index contributed by atoms with van der Waals surface area (Å²) in [6.07, 6.45) is 1.22. The number of nitrogens with zero attached hydrogens (tertiary/aromatic N) is 1. The predicted molar refractivity (Wildman–Crippen MR) is 61.1 cm³/mol. The summed E-state index contributed by atoms with van der Waals surface area (Å²) in [5, 5.41) is 20.2. The van der Waals surface area contributed by atoms with Crippen molar-refractivity contribution in [2.24, 2.45) is 5.41 Å². The van der Waals surface area contributed by atoms with Gasteiger partial charge in [-0.25, -0.2) is 0 Å². The van der Waals surface area contributed by atoms with Crippen LogP contribution >= 0.6 is 11.6 Å². The van der Waals surface area contributed by atoms with Crippen LogP contribution in [0.1, 0.15) is 18.4 Å². The Hall–Kier alpha value is -1.62. The number of nitro groups is 1. The molecule has 0 heterocycles. The van der Waals surface area contributed by atoms with Gasteiger partial charge in [-0.3, -0.25) is 14.9 Å². The maximum absolute atomic E-state index is 11.1. The summed E-state index contributed by atoms with van der Waals surface area (Å²) < 4.78 is 0. The number of halogens is 1. The average Bonchev–Trinajstić information content (AvgIpc) is 3.01. The molecule has 0 aliphatic heterocycles. The van der Waals surface area contributed by atoms with E-state index in [9.17, 15) is 14.9 Å². The van der Waals surface area contributed by atoms with Crippen LogP contribution in [0.5, 0.6) is 0 Å². The van der Waals surface area contributed by atoms with Gasteiger partial charge in [0, 0.05) is 11.6 Å². The minimum absolute atomic E-state index is 0.106. The van der Waals surface area contributed by atoms with E-state index < -0.39 is 16.3 Å². The zero-order valence-corrected chi connectivity index (χ0v) is 9.61. The molecule has 90 valence electrons. The summed E-state index contributed by atoms with van der Waals surface area (Å²) in [5.41, 5.74) is -0.639. The summed E-state index contributed by atoms with van der Waals surface area (Å²) in [6, 6.07) is 4.38. The van der Waals surface area contributed by atoms with Gasteiger partial charge in [-0.15, -0.1) is 0 Å². The maximum Gasteiger partial charge on any atom is 0.309 e. The molecule has 0 radical (unpaired) electrons. The lowest BCUT2D eigenvalue weighted by molar-refractivity contribution is -0.385. The highest BCUT2D eigenvalue weighted by atomic mass is 35.5. The van der Waals surface area contributed by atoms with Crippen LogP contribution in [0.3, 0.4) is 0 Å². The fourth-order valence-corrected chi connectivity index (χ4v) is 2.09. The molecule has 0 aromatic heterocycles. The van der Waals surface area contributed by atoms with Gasteiger partial charge in [-0.05, 0) is 25.3 Å². The Bertz CT molecular complexity index is 496. The van der Waals surface area contributed by atoms with Crippen molar-refractivity contribution < 1.29 is 14.8 Å². The molecule has 1 fully saturated rings. The standard InChI is InChI=1S/C11H10ClNO4/c12-8-2-1-3-9(13(16)17)7(8)6-11(4-5-11)10(14)15/h1-3H,4-6H2,(H,14,15). The normalized spacial score (nSPS) is 16.5. The van der Waals surface area contributed by atoms with Crippen molar-refractivity contribution in [3.8, 4) is 0 Å². The van der Waals surface area contributed by atoms with Gasteiger partial charge in [-0.2, -0.15) is 0 Å². The minimum atomic E-state index is -0.910. The van der Waals surface area contributed by atoms with Gasteiger partial charge in [0.25, 0.3) is 5.69 Å². The van der Waals surface area contributed by atoms with E-state index in [0.717, 1.165) is 0 Å². The fourth-order valence-electron chi connectivity index (χ4n) is 1.85. The zero-order valence-electron chi connectivity index (χ0n) is 8.85. The number of aliphatic carboxylic acids is 1. The first-order chi connectivity index (χ1) is 7.96. The second-order valence-electron chi connectivity index (χ2n) is 4.26. The first kappa shape index (κ1) is 11.9. The Labute approximate surface area is 102 Å². The highest BCUT2D eigenvalue weighted by Crippen LogP contribution is 2.50. The van der Waals surface area contributed by atoms with Crippen molar-refractivity contribution in [1.82, 2.24) is 0 Å². The van der Waals surface area contributed by atoms with E-state index in [4.69, 9.17) is 16.7 Å².